The Morgan fingerprint density at radius 2 is 2.00 bits per heavy atom. The maximum atomic E-state index is 12.7. The predicted octanol–water partition coefficient (Wildman–Crippen LogP) is 4.43. The van der Waals surface area contributed by atoms with Gasteiger partial charge in [-0.15, -0.1) is 0 Å². The smallest absolute Gasteiger partial charge is 0.344 e. The lowest BCUT2D eigenvalue weighted by molar-refractivity contribution is -0.144. The molecule has 1 aliphatic rings. The van der Waals surface area contributed by atoms with E-state index in [1.165, 1.54) is 6.92 Å². The van der Waals surface area contributed by atoms with Gasteiger partial charge < -0.3 is 9.84 Å². The zero-order valence-corrected chi connectivity index (χ0v) is 16.4. The zero-order valence-electron chi connectivity index (χ0n) is 14.8. The molecule has 0 bridgehead atoms. The van der Waals surface area contributed by atoms with Crippen molar-refractivity contribution in [2.45, 2.75) is 19.6 Å². The van der Waals surface area contributed by atoms with Gasteiger partial charge in [0.1, 0.15) is 5.75 Å². The SMILES string of the molecule is CC(Oc1cccc(/C=C2/SC(=O)N(Cc3ccccc3Cl)C2=O)c1)C(=O)O. The number of halogens is 1. The minimum atomic E-state index is -1.08. The van der Waals surface area contributed by atoms with Gasteiger partial charge in [0.25, 0.3) is 11.1 Å². The third kappa shape index (κ3) is 4.55. The van der Waals surface area contributed by atoms with E-state index in [9.17, 15) is 14.4 Å². The summed E-state index contributed by atoms with van der Waals surface area (Å²) in [5, 5.41) is 9.06. The van der Waals surface area contributed by atoms with Crippen molar-refractivity contribution in [2.24, 2.45) is 0 Å². The molecule has 8 heteroatoms. The minimum absolute atomic E-state index is 0.0982. The number of carbonyl (C=O) groups excluding carboxylic acids is 2. The van der Waals surface area contributed by atoms with Gasteiger partial charge in [0.05, 0.1) is 11.4 Å². The quantitative estimate of drug-likeness (QED) is 0.700. The first kappa shape index (κ1) is 20.0. The number of carboxylic acid groups (broad SMARTS) is 1. The fourth-order valence-corrected chi connectivity index (χ4v) is 3.55. The molecule has 1 fully saturated rings. The lowest BCUT2D eigenvalue weighted by atomic mass is 10.2. The van der Waals surface area contributed by atoms with Crippen LogP contribution in [0.15, 0.2) is 53.4 Å². The maximum absolute atomic E-state index is 12.7. The van der Waals surface area contributed by atoms with Gasteiger partial charge in [0, 0.05) is 5.02 Å². The van der Waals surface area contributed by atoms with Crippen LogP contribution in [0.4, 0.5) is 4.79 Å². The first-order valence-corrected chi connectivity index (χ1v) is 9.53. The summed E-state index contributed by atoms with van der Waals surface area (Å²) in [4.78, 5) is 37.3. The van der Waals surface area contributed by atoms with Crippen LogP contribution in [0.25, 0.3) is 6.08 Å². The number of aliphatic carboxylic acids is 1. The van der Waals surface area contributed by atoms with Crippen LogP contribution in [-0.2, 0) is 16.1 Å². The van der Waals surface area contributed by atoms with Crippen LogP contribution < -0.4 is 4.74 Å². The number of carboxylic acids is 1. The summed E-state index contributed by atoms with van der Waals surface area (Å²) >= 11 is 6.97. The maximum Gasteiger partial charge on any atom is 0.344 e. The normalized spacial score (nSPS) is 16.5. The highest BCUT2D eigenvalue weighted by molar-refractivity contribution is 8.18. The van der Waals surface area contributed by atoms with Gasteiger partial charge in [-0.05, 0) is 54.1 Å². The third-order valence-corrected chi connectivity index (χ3v) is 5.25. The van der Waals surface area contributed by atoms with Gasteiger partial charge in [-0.3, -0.25) is 14.5 Å². The Morgan fingerprint density at radius 3 is 2.71 bits per heavy atom. The van der Waals surface area contributed by atoms with E-state index in [0.29, 0.717) is 21.9 Å². The number of rotatable bonds is 6. The topological polar surface area (TPSA) is 83.9 Å². The second-order valence-electron chi connectivity index (χ2n) is 6.03. The van der Waals surface area contributed by atoms with Gasteiger partial charge in [0.15, 0.2) is 6.10 Å². The Hall–Kier alpha value is -2.77. The fraction of sp³-hybridized carbons (Fsp3) is 0.150. The predicted molar refractivity (Wildman–Crippen MR) is 107 cm³/mol. The van der Waals surface area contributed by atoms with Crippen molar-refractivity contribution in [3.05, 3.63) is 69.6 Å². The first-order chi connectivity index (χ1) is 13.3. The highest BCUT2D eigenvalue weighted by atomic mass is 35.5. The van der Waals surface area contributed by atoms with Gasteiger partial charge in [-0.1, -0.05) is 41.9 Å². The number of benzene rings is 2. The third-order valence-electron chi connectivity index (χ3n) is 3.98. The molecule has 1 saturated heterocycles. The number of nitrogens with zero attached hydrogens (tertiary/aromatic N) is 1. The average molecular weight is 418 g/mol. The molecule has 1 heterocycles. The van der Waals surface area contributed by atoms with E-state index in [2.05, 4.69) is 0 Å². The van der Waals surface area contributed by atoms with Crippen molar-refractivity contribution < 1.29 is 24.2 Å². The molecule has 2 aromatic rings. The monoisotopic (exact) mass is 417 g/mol. The van der Waals surface area contributed by atoms with Crippen LogP contribution in [0.3, 0.4) is 0 Å². The van der Waals surface area contributed by atoms with E-state index < -0.39 is 18.0 Å². The number of hydrogen-bond acceptors (Lipinski definition) is 5. The standard InChI is InChI=1S/C20H16ClNO5S/c1-12(19(24)25)27-15-7-4-5-13(9-15)10-17-18(23)22(20(26)28-17)11-14-6-2-3-8-16(14)21/h2-10,12H,11H2,1H3,(H,24,25)/b17-10+. The lowest BCUT2D eigenvalue weighted by Gasteiger charge is -2.13. The van der Waals surface area contributed by atoms with E-state index in [0.717, 1.165) is 16.7 Å². The molecule has 1 atom stereocenters. The first-order valence-electron chi connectivity index (χ1n) is 8.33. The van der Waals surface area contributed by atoms with Crippen molar-refractivity contribution >= 4 is 46.6 Å². The molecule has 0 aliphatic carbocycles. The van der Waals surface area contributed by atoms with Crippen molar-refractivity contribution in [1.82, 2.24) is 4.90 Å². The summed E-state index contributed by atoms with van der Waals surface area (Å²) in [6.45, 7) is 1.52. The summed E-state index contributed by atoms with van der Waals surface area (Å²) in [7, 11) is 0. The van der Waals surface area contributed by atoms with Gasteiger partial charge in [0.2, 0.25) is 0 Å². The van der Waals surface area contributed by atoms with E-state index >= 15 is 0 Å². The van der Waals surface area contributed by atoms with Crippen LogP contribution in [-0.4, -0.2) is 33.2 Å². The molecule has 1 N–H and O–H groups in total. The number of carbonyl (C=O) groups is 3. The minimum Gasteiger partial charge on any atom is -0.479 e. The second-order valence-corrected chi connectivity index (χ2v) is 7.43. The molecule has 3 rings (SSSR count). The Labute approximate surface area is 170 Å². The van der Waals surface area contributed by atoms with Crippen molar-refractivity contribution in [3.63, 3.8) is 0 Å². The van der Waals surface area contributed by atoms with E-state index in [4.69, 9.17) is 21.4 Å². The van der Waals surface area contributed by atoms with Crippen LogP contribution in [0.5, 0.6) is 5.75 Å². The molecule has 0 aromatic heterocycles. The van der Waals surface area contributed by atoms with Crippen molar-refractivity contribution in [1.29, 1.82) is 0 Å². The Bertz CT molecular complexity index is 975. The van der Waals surface area contributed by atoms with Gasteiger partial charge >= 0.3 is 5.97 Å². The van der Waals surface area contributed by atoms with Crippen molar-refractivity contribution in [2.75, 3.05) is 0 Å². The number of hydrogen-bond donors (Lipinski definition) is 1. The molecule has 2 amide bonds. The Kier molecular flexibility index (Phi) is 6.06. The van der Waals surface area contributed by atoms with E-state index in [-0.39, 0.29) is 16.7 Å². The summed E-state index contributed by atoms with van der Waals surface area (Å²) in [6, 6.07) is 13.7. The fourth-order valence-electron chi connectivity index (χ4n) is 2.52. The van der Waals surface area contributed by atoms with Crippen LogP contribution in [0, 0.1) is 0 Å². The molecule has 0 radical (unpaired) electrons. The number of ether oxygens (including phenoxy) is 1. The molecular weight excluding hydrogens is 402 g/mol. The number of amides is 2. The van der Waals surface area contributed by atoms with Crippen LogP contribution in [0.1, 0.15) is 18.1 Å². The van der Waals surface area contributed by atoms with Gasteiger partial charge in [-0.2, -0.15) is 0 Å². The van der Waals surface area contributed by atoms with E-state index in [1.807, 2.05) is 0 Å². The molecule has 0 saturated carbocycles. The lowest BCUT2D eigenvalue weighted by Crippen LogP contribution is -2.27. The summed E-state index contributed by atoms with van der Waals surface area (Å²) < 4.78 is 5.33. The molecule has 6 nitrogen and oxygen atoms in total. The average Bonchev–Trinajstić information content (AvgIpc) is 2.91. The molecular formula is C20H16ClNO5S. The van der Waals surface area contributed by atoms with Crippen LogP contribution in [0.2, 0.25) is 5.02 Å². The summed E-state index contributed by atoms with van der Waals surface area (Å²) in [6.07, 6.45) is 0.577. The number of imide groups is 1. The van der Waals surface area contributed by atoms with Gasteiger partial charge in [-0.25, -0.2) is 4.79 Å². The Balaban J connectivity index is 1.78. The highest BCUT2D eigenvalue weighted by Crippen LogP contribution is 2.34. The molecule has 28 heavy (non-hydrogen) atoms. The molecule has 144 valence electrons. The number of thioether (sulfide) groups is 1. The van der Waals surface area contributed by atoms with Crippen LogP contribution >= 0.6 is 23.4 Å². The molecule has 0 spiro atoms. The molecule has 1 aliphatic heterocycles. The highest BCUT2D eigenvalue weighted by Gasteiger charge is 2.35. The molecule has 1 unspecified atom stereocenters. The molecule has 2 aromatic carbocycles. The van der Waals surface area contributed by atoms with E-state index in [1.54, 1.807) is 54.6 Å². The van der Waals surface area contributed by atoms with Crippen molar-refractivity contribution in [3.8, 4) is 5.75 Å². The largest absolute Gasteiger partial charge is 0.479 e. The zero-order chi connectivity index (χ0) is 20.3. The Morgan fingerprint density at radius 1 is 1.25 bits per heavy atom. The second kappa shape index (κ2) is 8.50. The summed E-state index contributed by atoms with van der Waals surface area (Å²) in [5.41, 5.74) is 1.31. The summed E-state index contributed by atoms with van der Waals surface area (Å²) in [5.74, 6) is -1.12.